The fourth-order valence-electron chi connectivity index (χ4n) is 1.31. The maximum atomic E-state index is 11.3. The van der Waals surface area contributed by atoms with Gasteiger partial charge in [0.2, 0.25) is 5.91 Å². The molecule has 1 rings (SSSR count). The van der Waals surface area contributed by atoms with E-state index in [0.29, 0.717) is 6.54 Å². The molecule has 1 aromatic heterocycles. The summed E-state index contributed by atoms with van der Waals surface area (Å²) >= 11 is 0. The topological polar surface area (TPSA) is 54.0 Å². The molecule has 2 N–H and O–H groups in total. The molecule has 0 bridgehead atoms. The van der Waals surface area contributed by atoms with Gasteiger partial charge in [0.05, 0.1) is 12.2 Å². The first kappa shape index (κ1) is 12.6. The van der Waals surface area contributed by atoms with Gasteiger partial charge in [-0.05, 0) is 25.5 Å². The fraction of sp³-hybridized carbons (Fsp3) is 0.500. The van der Waals surface area contributed by atoms with Crippen LogP contribution in [0.15, 0.2) is 24.4 Å². The Hall–Kier alpha value is -1.42. The van der Waals surface area contributed by atoms with Crippen molar-refractivity contribution in [2.75, 3.05) is 13.1 Å². The molecule has 0 aliphatic rings. The molecule has 16 heavy (non-hydrogen) atoms. The molecule has 1 atom stereocenters. The minimum atomic E-state index is 0.0321. The van der Waals surface area contributed by atoms with Crippen LogP contribution in [0, 0.1) is 0 Å². The van der Waals surface area contributed by atoms with Crippen molar-refractivity contribution in [3.05, 3.63) is 30.1 Å². The average Bonchev–Trinajstić information content (AvgIpc) is 2.34. The lowest BCUT2D eigenvalue weighted by molar-refractivity contribution is -0.120. The standard InChI is InChI=1S/C12H19N3O/c1-3-7-14-12(16)9-15-10(2)11-6-4-5-8-13-11/h4-6,8,10,15H,3,7,9H2,1-2H3,(H,14,16)/t10-/m0/s1. The number of aromatic nitrogens is 1. The Morgan fingerprint density at radius 3 is 2.94 bits per heavy atom. The van der Waals surface area contributed by atoms with Gasteiger partial charge in [0.15, 0.2) is 0 Å². The summed E-state index contributed by atoms with van der Waals surface area (Å²) < 4.78 is 0. The lowest BCUT2D eigenvalue weighted by Crippen LogP contribution is -2.35. The van der Waals surface area contributed by atoms with Crippen LogP contribution < -0.4 is 10.6 Å². The van der Waals surface area contributed by atoms with E-state index >= 15 is 0 Å². The molecule has 4 heteroatoms. The summed E-state index contributed by atoms with van der Waals surface area (Å²) in [6.45, 7) is 5.09. The molecule has 4 nitrogen and oxygen atoms in total. The molecule has 0 fully saturated rings. The van der Waals surface area contributed by atoms with Crippen LogP contribution in [0.1, 0.15) is 32.0 Å². The van der Waals surface area contributed by atoms with Gasteiger partial charge in [0.1, 0.15) is 0 Å². The second-order valence-corrected chi connectivity index (χ2v) is 3.71. The van der Waals surface area contributed by atoms with Crippen molar-refractivity contribution in [1.82, 2.24) is 15.6 Å². The lowest BCUT2D eigenvalue weighted by Gasteiger charge is -2.12. The Morgan fingerprint density at radius 1 is 1.50 bits per heavy atom. The summed E-state index contributed by atoms with van der Waals surface area (Å²) in [4.78, 5) is 15.6. The van der Waals surface area contributed by atoms with Crippen LogP contribution in [-0.2, 0) is 4.79 Å². The van der Waals surface area contributed by atoms with Gasteiger partial charge >= 0.3 is 0 Å². The minimum absolute atomic E-state index is 0.0321. The molecular formula is C12H19N3O. The lowest BCUT2D eigenvalue weighted by atomic mass is 10.2. The van der Waals surface area contributed by atoms with E-state index in [1.807, 2.05) is 32.0 Å². The number of rotatable bonds is 6. The van der Waals surface area contributed by atoms with Crippen LogP contribution >= 0.6 is 0 Å². The summed E-state index contributed by atoms with van der Waals surface area (Å²) in [6, 6.07) is 5.86. The summed E-state index contributed by atoms with van der Waals surface area (Å²) in [5.74, 6) is 0.0321. The van der Waals surface area contributed by atoms with E-state index in [1.54, 1.807) is 6.20 Å². The van der Waals surface area contributed by atoms with Gasteiger partial charge in [0, 0.05) is 18.8 Å². The van der Waals surface area contributed by atoms with Crippen molar-refractivity contribution in [3.8, 4) is 0 Å². The van der Waals surface area contributed by atoms with Crippen LogP contribution in [0.2, 0.25) is 0 Å². The highest BCUT2D eigenvalue weighted by atomic mass is 16.1. The zero-order valence-electron chi connectivity index (χ0n) is 9.86. The Balaban J connectivity index is 2.30. The fourth-order valence-corrected chi connectivity index (χ4v) is 1.31. The van der Waals surface area contributed by atoms with E-state index in [9.17, 15) is 4.79 Å². The number of nitrogens with one attached hydrogen (secondary N) is 2. The Kier molecular flexibility index (Phi) is 5.50. The highest BCUT2D eigenvalue weighted by Gasteiger charge is 2.07. The quantitative estimate of drug-likeness (QED) is 0.760. The van der Waals surface area contributed by atoms with Gasteiger partial charge in [-0.15, -0.1) is 0 Å². The molecule has 1 heterocycles. The third kappa shape index (κ3) is 4.40. The second-order valence-electron chi connectivity index (χ2n) is 3.71. The number of carbonyl (C=O) groups excluding carboxylic acids is 1. The molecule has 1 aromatic rings. The number of hydrogen-bond donors (Lipinski definition) is 2. The molecule has 0 spiro atoms. The van der Waals surface area contributed by atoms with E-state index in [0.717, 1.165) is 18.7 Å². The van der Waals surface area contributed by atoms with Crippen molar-refractivity contribution in [2.45, 2.75) is 26.3 Å². The first-order chi connectivity index (χ1) is 7.74. The van der Waals surface area contributed by atoms with Crippen LogP contribution in [-0.4, -0.2) is 24.0 Å². The highest BCUT2D eigenvalue weighted by molar-refractivity contribution is 5.77. The van der Waals surface area contributed by atoms with Crippen LogP contribution in [0.3, 0.4) is 0 Å². The molecule has 0 aromatic carbocycles. The second kappa shape index (κ2) is 6.95. The monoisotopic (exact) mass is 221 g/mol. The molecule has 0 unspecified atom stereocenters. The molecule has 1 amide bonds. The Morgan fingerprint density at radius 2 is 2.31 bits per heavy atom. The highest BCUT2D eigenvalue weighted by Crippen LogP contribution is 2.06. The van der Waals surface area contributed by atoms with Crippen LogP contribution in [0.4, 0.5) is 0 Å². The maximum Gasteiger partial charge on any atom is 0.233 e. The molecule has 0 aliphatic heterocycles. The van der Waals surface area contributed by atoms with Gasteiger partial charge in [-0.2, -0.15) is 0 Å². The third-order valence-electron chi connectivity index (χ3n) is 2.27. The first-order valence-corrected chi connectivity index (χ1v) is 5.65. The van der Waals surface area contributed by atoms with Crippen molar-refractivity contribution in [3.63, 3.8) is 0 Å². The SMILES string of the molecule is CCCNC(=O)CN[C@@H](C)c1ccccn1. The maximum absolute atomic E-state index is 11.3. The Labute approximate surface area is 96.5 Å². The normalized spacial score (nSPS) is 12.1. The third-order valence-corrected chi connectivity index (χ3v) is 2.27. The van der Waals surface area contributed by atoms with E-state index < -0.39 is 0 Å². The van der Waals surface area contributed by atoms with Crippen molar-refractivity contribution in [2.24, 2.45) is 0 Å². The molecule has 88 valence electrons. The molecule has 0 saturated heterocycles. The zero-order valence-corrected chi connectivity index (χ0v) is 9.86. The number of carbonyl (C=O) groups is 1. The summed E-state index contributed by atoms with van der Waals surface area (Å²) in [6.07, 6.45) is 2.71. The zero-order chi connectivity index (χ0) is 11.8. The predicted octanol–water partition coefficient (Wildman–Crippen LogP) is 1.26. The smallest absolute Gasteiger partial charge is 0.233 e. The van der Waals surface area contributed by atoms with Gasteiger partial charge in [-0.25, -0.2) is 0 Å². The number of pyridine rings is 1. The largest absolute Gasteiger partial charge is 0.355 e. The number of nitrogens with zero attached hydrogens (tertiary/aromatic N) is 1. The molecule has 0 aliphatic carbocycles. The van der Waals surface area contributed by atoms with Crippen LogP contribution in [0.5, 0.6) is 0 Å². The van der Waals surface area contributed by atoms with Gasteiger partial charge in [0.25, 0.3) is 0 Å². The van der Waals surface area contributed by atoms with Crippen molar-refractivity contribution < 1.29 is 4.79 Å². The van der Waals surface area contributed by atoms with Crippen LogP contribution in [0.25, 0.3) is 0 Å². The van der Waals surface area contributed by atoms with E-state index in [4.69, 9.17) is 0 Å². The van der Waals surface area contributed by atoms with Crippen molar-refractivity contribution >= 4 is 5.91 Å². The van der Waals surface area contributed by atoms with Crippen molar-refractivity contribution in [1.29, 1.82) is 0 Å². The first-order valence-electron chi connectivity index (χ1n) is 5.65. The Bertz CT molecular complexity index is 313. The number of hydrogen-bond acceptors (Lipinski definition) is 3. The summed E-state index contributed by atoms with van der Waals surface area (Å²) in [7, 11) is 0. The minimum Gasteiger partial charge on any atom is -0.355 e. The van der Waals surface area contributed by atoms with Gasteiger partial charge in [-0.1, -0.05) is 13.0 Å². The van der Waals surface area contributed by atoms with Gasteiger partial charge < -0.3 is 10.6 Å². The predicted molar refractivity (Wildman–Crippen MR) is 64.0 cm³/mol. The molecule has 0 radical (unpaired) electrons. The average molecular weight is 221 g/mol. The van der Waals surface area contributed by atoms with E-state index in [1.165, 1.54) is 0 Å². The van der Waals surface area contributed by atoms with E-state index in [-0.39, 0.29) is 11.9 Å². The number of amides is 1. The van der Waals surface area contributed by atoms with E-state index in [2.05, 4.69) is 15.6 Å². The van der Waals surface area contributed by atoms with Gasteiger partial charge in [-0.3, -0.25) is 9.78 Å². The summed E-state index contributed by atoms with van der Waals surface area (Å²) in [5.41, 5.74) is 0.950. The molecular weight excluding hydrogens is 202 g/mol. The summed E-state index contributed by atoms with van der Waals surface area (Å²) in [5, 5.41) is 5.95. The molecule has 0 saturated carbocycles.